The first-order valence-electron chi connectivity index (χ1n) is 6.85. The quantitative estimate of drug-likeness (QED) is 0.842. The van der Waals surface area contributed by atoms with Gasteiger partial charge in [-0.25, -0.2) is 0 Å². The maximum atomic E-state index is 12.2. The number of anilines is 1. The fourth-order valence-corrected chi connectivity index (χ4v) is 2.46. The topological polar surface area (TPSA) is 55.6 Å². The van der Waals surface area contributed by atoms with E-state index >= 15 is 0 Å². The number of nitrogens with zero attached hydrogens (tertiary/aromatic N) is 1. The lowest BCUT2D eigenvalue weighted by molar-refractivity contribution is -0.133. The van der Waals surface area contributed by atoms with E-state index in [1.165, 1.54) is 0 Å². The van der Waals surface area contributed by atoms with Crippen molar-refractivity contribution < 1.29 is 9.53 Å². The van der Waals surface area contributed by atoms with Gasteiger partial charge in [0.1, 0.15) is 0 Å². The zero-order valence-electron chi connectivity index (χ0n) is 11.5. The number of amides is 1. The lowest BCUT2D eigenvalue weighted by atomic mass is 10.0. The van der Waals surface area contributed by atoms with Crippen molar-refractivity contribution in [2.45, 2.75) is 31.7 Å². The Labute approximate surface area is 114 Å². The summed E-state index contributed by atoms with van der Waals surface area (Å²) in [6.07, 6.45) is 3.10. The molecule has 0 saturated carbocycles. The van der Waals surface area contributed by atoms with Gasteiger partial charge in [0.25, 0.3) is 0 Å². The van der Waals surface area contributed by atoms with Gasteiger partial charge in [-0.3, -0.25) is 4.79 Å². The Morgan fingerprint density at radius 3 is 2.74 bits per heavy atom. The monoisotopic (exact) mass is 262 g/mol. The van der Waals surface area contributed by atoms with Crippen LogP contribution >= 0.6 is 0 Å². The van der Waals surface area contributed by atoms with Crippen molar-refractivity contribution in [3.63, 3.8) is 0 Å². The van der Waals surface area contributed by atoms with Crippen LogP contribution in [0.1, 0.15) is 24.8 Å². The average molecular weight is 262 g/mol. The molecule has 0 unspecified atom stereocenters. The number of ether oxygens (including phenoxy) is 1. The summed E-state index contributed by atoms with van der Waals surface area (Å²) in [6.45, 7) is 1.52. The van der Waals surface area contributed by atoms with Gasteiger partial charge >= 0.3 is 0 Å². The lowest BCUT2D eigenvalue weighted by Crippen LogP contribution is -2.40. The third-order valence-electron chi connectivity index (χ3n) is 3.80. The predicted octanol–water partition coefficient (Wildman–Crippen LogP) is 1.84. The first-order valence-corrected chi connectivity index (χ1v) is 6.85. The smallest absolute Gasteiger partial charge is 0.222 e. The van der Waals surface area contributed by atoms with Gasteiger partial charge in [0.15, 0.2) is 0 Å². The summed E-state index contributed by atoms with van der Waals surface area (Å²) in [5.41, 5.74) is 7.70. The van der Waals surface area contributed by atoms with E-state index in [4.69, 9.17) is 10.5 Å². The molecule has 0 atom stereocenters. The SMILES string of the molecule is CN(C(=O)CCc1ccccc1N)C1CCOCC1. The first kappa shape index (κ1) is 13.9. The maximum Gasteiger partial charge on any atom is 0.222 e. The van der Waals surface area contributed by atoms with Crippen molar-refractivity contribution in [3.8, 4) is 0 Å². The molecule has 1 aromatic rings. The van der Waals surface area contributed by atoms with Crippen LogP contribution in [0.5, 0.6) is 0 Å². The molecule has 1 aliphatic rings. The molecule has 19 heavy (non-hydrogen) atoms. The Kier molecular flexibility index (Phi) is 4.80. The van der Waals surface area contributed by atoms with E-state index in [1.54, 1.807) is 0 Å². The number of hydrogen-bond acceptors (Lipinski definition) is 3. The maximum absolute atomic E-state index is 12.2. The zero-order chi connectivity index (χ0) is 13.7. The molecular formula is C15H22N2O2. The highest BCUT2D eigenvalue weighted by molar-refractivity contribution is 5.76. The number of benzene rings is 1. The molecule has 4 heteroatoms. The van der Waals surface area contributed by atoms with Crippen LogP contribution < -0.4 is 5.73 Å². The number of carbonyl (C=O) groups excluding carboxylic acids is 1. The van der Waals surface area contributed by atoms with E-state index < -0.39 is 0 Å². The molecule has 1 aromatic carbocycles. The standard InChI is InChI=1S/C15H22N2O2/c1-17(13-8-10-19-11-9-13)15(18)7-6-12-4-2-3-5-14(12)16/h2-5,13H,6-11,16H2,1H3. The Balaban J connectivity index is 1.85. The van der Waals surface area contributed by atoms with Gasteiger partial charge in [-0.05, 0) is 30.9 Å². The molecule has 1 fully saturated rings. The summed E-state index contributed by atoms with van der Waals surface area (Å²) in [5, 5.41) is 0. The summed E-state index contributed by atoms with van der Waals surface area (Å²) in [4.78, 5) is 14.0. The largest absolute Gasteiger partial charge is 0.399 e. The molecule has 1 heterocycles. The molecule has 0 aliphatic carbocycles. The second-order valence-electron chi connectivity index (χ2n) is 5.05. The minimum Gasteiger partial charge on any atom is -0.399 e. The van der Waals surface area contributed by atoms with Crippen molar-refractivity contribution in [2.24, 2.45) is 0 Å². The Morgan fingerprint density at radius 1 is 1.37 bits per heavy atom. The Morgan fingerprint density at radius 2 is 2.05 bits per heavy atom. The molecule has 0 aromatic heterocycles. The highest BCUT2D eigenvalue weighted by Gasteiger charge is 2.22. The van der Waals surface area contributed by atoms with Gasteiger partial charge in [-0.1, -0.05) is 18.2 Å². The number of para-hydroxylation sites is 1. The van der Waals surface area contributed by atoms with E-state index in [0.717, 1.165) is 37.3 Å². The summed E-state index contributed by atoms with van der Waals surface area (Å²) in [7, 11) is 1.90. The molecule has 0 spiro atoms. The van der Waals surface area contributed by atoms with Gasteiger partial charge in [-0.15, -0.1) is 0 Å². The minimum atomic E-state index is 0.190. The van der Waals surface area contributed by atoms with Crippen LogP contribution in [-0.2, 0) is 16.0 Å². The number of hydrogen-bond donors (Lipinski definition) is 1. The fourth-order valence-electron chi connectivity index (χ4n) is 2.46. The van der Waals surface area contributed by atoms with Crippen molar-refractivity contribution >= 4 is 11.6 Å². The number of rotatable bonds is 4. The van der Waals surface area contributed by atoms with Gasteiger partial charge in [0.05, 0.1) is 0 Å². The van der Waals surface area contributed by atoms with Crippen LogP contribution in [0.3, 0.4) is 0 Å². The van der Waals surface area contributed by atoms with Crippen molar-refractivity contribution in [3.05, 3.63) is 29.8 Å². The number of aryl methyl sites for hydroxylation is 1. The van der Waals surface area contributed by atoms with Gasteiger partial charge < -0.3 is 15.4 Å². The zero-order valence-corrected chi connectivity index (χ0v) is 11.5. The summed E-state index contributed by atoms with van der Waals surface area (Å²) >= 11 is 0. The van der Waals surface area contributed by atoms with Gasteiger partial charge in [0.2, 0.25) is 5.91 Å². The molecule has 1 saturated heterocycles. The van der Waals surface area contributed by atoms with Gasteiger partial charge in [0, 0.05) is 38.4 Å². The Hall–Kier alpha value is -1.55. The number of nitrogen functional groups attached to an aromatic ring is 1. The van der Waals surface area contributed by atoms with E-state index in [-0.39, 0.29) is 5.91 Å². The summed E-state index contributed by atoms with van der Waals surface area (Å²) in [5.74, 6) is 0.190. The van der Waals surface area contributed by atoms with Crippen LogP contribution in [0, 0.1) is 0 Å². The normalized spacial score (nSPS) is 16.3. The second kappa shape index (κ2) is 6.57. The summed E-state index contributed by atoms with van der Waals surface area (Å²) in [6, 6.07) is 8.06. The Bertz CT molecular complexity index is 428. The lowest BCUT2D eigenvalue weighted by Gasteiger charge is -2.31. The molecule has 1 aliphatic heterocycles. The summed E-state index contributed by atoms with van der Waals surface area (Å²) < 4.78 is 5.32. The second-order valence-corrected chi connectivity index (χ2v) is 5.05. The molecule has 2 rings (SSSR count). The van der Waals surface area contributed by atoms with E-state index in [2.05, 4.69) is 0 Å². The van der Waals surface area contributed by atoms with Crippen LogP contribution in [0.4, 0.5) is 5.69 Å². The van der Waals surface area contributed by atoms with Crippen LogP contribution in [0.15, 0.2) is 24.3 Å². The fraction of sp³-hybridized carbons (Fsp3) is 0.533. The molecule has 4 nitrogen and oxygen atoms in total. The van der Waals surface area contributed by atoms with E-state index in [9.17, 15) is 4.79 Å². The minimum absolute atomic E-state index is 0.190. The third kappa shape index (κ3) is 3.70. The molecule has 0 radical (unpaired) electrons. The number of carbonyl (C=O) groups is 1. The van der Waals surface area contributed by atoms with Gasteiger partial charge in [-0.2, -0.15) is 0 Å². The molecular weight excluding hydrogens is 240 g/mol. The van der Waals surface area contributed by atoms with Crippen LogP contribution in [0.2, 0.25) is 0 Å². The van der Waals surface area contributed by atoms with Crippen LogP contribution in [0.25, 0.3) is 0 Å². The number of nitrogens with two attached hydrogens (primary N) is 1. The van der Waals surface area contributed by atoms with Crippen molar-refractivity contribution in [1.29, 1.82) is 0 Å². The molecule has 1 amide bonds. The first-order chi connectivity index (χ1) is 9.18. The average Bonchev–Trinajstić information content (AvgIpc) is 2.46. The van der Waals surface area contributed by atoms with Crippen molar-refractivity contribution in [1.82, 2.24) is 4.90 Å². The molecule has 0 bridgehead atoms. The molecule has 2 N–H and O–H groups in total. The van der Waals surface area contributed by atoms with E-state index in [0.29, 0.717) is 18.9 Å². The highest BCUT2D eigenvalue weighted by Crippen LogP contribution is 2.16. The van der Waals surface area contributed by atoms with E-state index in [1.807, 2.05) is 36.2 Å². The third-order valence-corrected chi connectivity index (χ3v) is 3.80. The highest BCUT2D eigenvalue weighted by atomic mass is 16.5. The predicted molar refractivity (Wildman–Crippen MR) is 75.8 cm³/mol. The van der Waals surface area contributed by atoms with Crippen LogP contribution in [-0.4, -0.2) is 37.1 Å². The van der Waals surface area contributed by atoms with Crippen molar-refractivity contribution in [2.75, 3.05) is 26.0 Å². The molecule has 104 valence electrons.